The Balaban J connectivity index is 1.70. The molecule has 0 bridgehead atoms. The summed E-state index contributed by atoms with van der Waals surface area (Å²) in [4.78, 5) is 24.2. The van der Waals surface area contributed by atoms with Gasteiger partial charge in [-0.05, 0) is 32.9 Å². The first-order valence-corrected chi connectivity index (χ1v) is 11.6. The summed E-state index contributed by atoms with van der Waals surface area (Å²) in [6.45, 7) is 6.21. The van der Waals surface area contributed by atoms with E-state index in [4.69, 9.17) is 4.74 Å². The van der Waals surface area contributed by atoms with E-state index in [9.17, 15) is 9.59 Å². The van der Waals surface area contributed by atoms with Crippen LogP contribution in [0.1, 0.15) is 18.1 Å². The van der Waals surface area contributed by atoms with Crippen LogP contribution in [0.25, 0.3) is 17.1 Å². The zero-order valence-corrected chi connectivity index (χ0v) is 19.5. The molecule has 1 aromatic heterocycles. The van der Waals surface area contributed by atoms with Crippen molar-refractivity contribution in [2.45, 2.75) is 25.9 Å². The van der Waals surface area contributed by atoms with Crippen molar-refractivity contribution in [1.29, 1.82) is 0 Å². The van der Waals surface area contributed by atoms with E-state index in [2.05, 4.69) is 20.8 Å². The molecule has 3 aromatic rings. The van der Waals surface area contributed by atoms with Crippen molar-refractivity contribution in [3.05, 3.63) is 70.9 Å². The Bertz CT molecular complexity index is 1200. The molecule has 0 radical (unpaired) electrons. The van der Waals surface area contributed by atoms with Gasteiger partial charge in [0.15, 0.2) is 11.0 Å². The molecule has 0 atom stereocenters. The van der Waals surface area contributed by atoms with Gasteiger partial charge in [0.25, 0.3) is 0 Å². The molecule has 0 aliphatic carbocycles. The Kier molecular flexibility index (Phi) is 6.79. The van der Waals surface area contributed by atoms with Crippen LogP contribution < -0.4 is 10.6 Å². The monoisotopic (exact) mass is 463 g/mol. The number of ether oxygens (including phenoxy) is 1. The van der Waals surface area contributed by atoms with Gasteiger partial charge in [-0.2, -0.15) is 0 Å². The topological polar surface area (TPSA) is 98.1 Å². The average molecular weight is 464 g/mol. The van der Waals surface area contributed by atoms with Crippen LogP contribution in [0.3, 0.4) is 0 Å². The van der Waals surface area contributed by atoms with Crippen LogP contribution >= 0.6 is 11.8 Å². The summed E-state index contributed by atoms with van der Waals surface area (Å²) in [7, 11) is 0. The van der Waals surface area contributed by atoms with Gasteiger partial charge in [-0.1, -0.05) is 59.3 Å². The van der Waals surface area contributed by atoms with Gasteiger partial charge in [0.2, 0.25) is 0 Å². The summed E-state index contributed by atoms with van der Waals surface area (Å²) in [6.07, 6.45) is 0. The summed E-state index contributed by atoms with van der Waals surface area (Å²) in [6, 6.07) is 15.9. The highest BCUT2D eigenvalue weighted by Gasteiger charge is 2.25. The number of aryl methyl sites for hydroxylation is 2. The van der Waals surface area contributed by atoms with E-state index < -0.39 is 5.97 Å². The summed E-state index contributed by atoms with van der Waals surface area (Å²) in [5, 5.41) is 14.9. The number of nitrogens with one attached hydrogen (secondary N) is 2. The van der Waals surface area contributed by atoms with Crippen molar-refractivity contribution in [1.82, 2.24) is 25.4 Å². The molecule has 2 aromatic carbocycles. The van der Waals surface area contributed by atoms with Gasteiger partial charge >= 0.3 is 12.0 Å². The lowest BCUT2D eigenvalue weighted by molar-refractivity contribution is -0.138. The van der Waals surface area contributed by atoms with Crippen molar-refractivity contribution < 1.29 is 14.3 Å². The number of rotatable bonds is 7. The minimum Gasteiger partial charge on any atom is -0.463 e. The van der Waals surface area contributed by atoms with Gasteiger partial charge < -0.3 is 15.4 Å². The maximum atomic E-state index is 12.3. The number of nitrogens with zero attached hydrogens (tertiary/aromatic N) is 3. The summed E-state index contributed by atoms with van der Waals surface area (Å²) in [5.41, 5.74) is 5.11. The highest BCUT2D eigenvalue weighted by atomic mass is 32.2. The summed E-state index contributed by atoms with van der Waals surface area (Å²) < 4.78 is 7.13. The second-order valence-electron chi connectivity index (χ2n) is 7.62. The Hall–Kier alpha value is -3.59. The van der Waals surface area contributed by atoms with E-state index in [1.165, 1.54) is 11.8 Å². The quantitative estimate of drug-likeness (QED) is 0.409. The fraction of sp³-hybridized carbons (Fsp3) is 0.250. The third-order valence-electron chi connectivity index (χ3n) is 5.16. The molecular formula is C24H25N5O3S. The normalized spacial score (nSPS) is 13.5. The molecule has 1 aliphatic heterocycles. The number of thioether (sulfide) groups is 1. The predicted octanol–water partition coefficient (Wildman–Crippen LogP) is 3.77. The van der Waals surface area contributed by atoms with Crippen LogP contribution in [0, 0.1) is 13.8 Å². The maximum Gasteiger partial charge on any atom is 0.337 e. The van der Waals surface area contributed by atoms with Crippen LogP contribution in [0.2, 0.25) is 0 Å². The second-order valence-corrected chi connectivity index (χ2v) is 8.56. The fourth-order valence-electron chi connectivity index (χ4n) is 3.39. The van der Waals surface area contributed by atoms with E-state index in [0.29, 0.717) is 22.2 Å². The van der Waals surface area contributed by atoms with Gasteiger partial charge in [0, 0.05) is 22.7 Å². The largest absolute Gasteiger partial charge is 0.463 e. The van der Waals surface area contributed by atoms with Crippen LogP contribution in [0.5, 0.6) is 0 Å². The highest BCUT2D eigenvalue weighted by molar-refractivity contribution is 7.99. The first-order valence-electron chi connectivity index (χ1n) is 10.6. The van der Waals surface area contributed by atoms with Crippen LogP contribution in [0.4, 0.5) is 4.79 Å². The second kappa shape index (κ2) is 9.91. The number of hydrogen-bond acceptors (Lipinski definition) is 6. The lowest BCUT2D eigenvalue weighted by Gasteiger charge is -2.21. The molecule has 170 valence electrons. The fourth-order valence-corrected chi connectivity index (χ4v) is 4.32. The van der Waals surface area contributed by atoms with Crippen molar-refractivity contribution >= 4 is 23.8 Å². The smallest absolute Gasteiger partial charge is 0.337 e. The Morgan fingerprint density at radius 2 is 1.73 bits per heavy atom. The number of benzene rings is 2. The molecule has 2 amide bonds. The Morgan fingerprint density at radius 1 is 1.06 bits per heavy atom. The first-order chi connectivity index (χ1) is 16.0. The number of urea groups is 1. The first kappa shape index (κ1) is 22.6. The molecule has 33 heavy (non-hydrogen) atoms. The lowest BCUT2D eigenvalue weighted by Crippen LogP contribution is -2.44. The zero-order valence-electron chi connectivity index (χ0n) is 18.7. The highest BCUT2D eigenvalue weighted by Crippen LogP contribution is 2.29. The number of esters is 1. The Morgan fingerprint density at radius 3 is 2.39 bits per heavy atom. The average Bonchev–Trinajstić information content (AvgIpc) is 3.23. The van der Waals surface area contributed by atoms with E-state index in [1.54, 1.807) is 6.92 Å². The number of aromatic nitrogens is 3. The van der Waals surface area contributed by atoms with E-state index >= 15 is 0 Å². The van der Waals surface area contributed by atoms with Gasteiger partial charge in [0.05, 0.1) is 18.7 Å². The molecule has 0 saturated heterocycles. The van der Waals surface area contributed by atoms with Crippen LogP contribution in [-0.2, 0) is 9.53 Å². The molecule has 1 aliphatic rings. The summed E-state index contributed by atoms with van der Waals surface area (Å²) >= 11 is 1.39. The number of amides is 2. The molecule has 0 fully saturated rings. The third-order valence-corrected chi connectivity index (χ3v) is 6.11. The van der Waals surface area contributed by atoms with E-state index in [0.717, 1.165) is 28.2 Å². The SMILES string of the molecule is CCOC(=O)C1=C(CSc2nnc(-c3ccc(C)cc3)n2-c2ccc(C)cc2)NC(=O)NC1. The van der Waals surface area contributed by atoms with Gasteiger partial charge in [0.1, 0.15) is 0 Å². The van der Waals surface area contributed by atoms with Crippen LogP contribution in [-0.4, -0.2) is 45.7 Å². The van der Waals surface area contributed by atoms with E-state index in [1.807, 2.05) is 66.9 Å². The number of carbonyl (C=O) groups excluding carboxylic acids is 2. The standard InChI is InChI=1S/C24H25N5O3S/c1-4-32-22(30)19-13-25-23(31)26-20(19)14-33-24-28-27-21(17-9-5-15(2)6-10-17)29(24)18-11-7-16(3)8-12-18/h5-12H,4,13-14H2,1-3H3,(H2,25,26,31). The van der Waals surface area contributed by atoms with E-state index in [-0.39, 0.29) is 19.2 Å². The summed E-state index contributed by atoms with van der Waals surface area (Å²) in [5.74, 6) is 0.607. The van der Waals surface area contributed by atoms with Crippen molar-refractivity contribution in [2.75, 3.05) is 18.9 Å². The molecule has 0 saturated carbocycles. The van der Waals surface area contributed by atoms with Gasteiger partial charge in [-0.25, -0.2) is 9.59 Å². The van der Waals surface area contributed by atoms with Crippen LogP contribution in [0.15, 0.2) is 65.0 Å². The third kappa shape index (κ3) is 5.09. The van der Waals surface area contributed by atoms with Gasteiger partial charge in [-0.3, -0.25) is 4.57 Å². The molecule has 8 nitrogen and oxygen atoms in total. The van der Waals surface area contributed by atoms with Crippen molar-refractivity contribution in [3.8, 4) is 17.1 Å². The number of carbonyl (C=O) groups is 2. The Labute approximate surface area is 196 Å². The minimum absolute atomic E-state index is 0.125. The molecular weight excluding hydrogens is 438 g/mol. The van der Waals surface area contributed by atoms with Gasteiger partial charge in [-0.15, -0.1) is 10.2 Å². The predicted molar refractivity (Wildman–Crippen MR) is 127 cm³/mol. The minimum atomic E-state index is -0.444. The molecule has 9 heteroatoms. The molecule has 0 spiro atoms. The van der Waals surface area contributed by atoms with Crippen molar-refractivity contribution in [2.24, 2.45) is 0 Å². The van der Waals surface area contributed by atoms with Crippen molar-refractivity contribution in [3.63, 3.8) is 0 Å². The molecule has 0 unspecified atom stereocenters. The number of hydrogen-bond donors (Lipinski definition) is 2. The lowest BCUT2D eigenvalue weighted by atomic mass is 10.1. The maximum absolute atomic E-state index is 12.3. The molecule has 2 N–H and O–H groups in total. The molecule has 2 heterocycles. The molecule has 4 rings (SSSR count). The zero-order chi connectivity index (χ0) is 23.4.